The number of rotatable bonds is 5. The molecule has 1 aliphatic heterocycles. The van der Waals surface area contributed by atoms with Crippen LogP contribution in [-0.4, -0.2) is 36.0 Å². The molecule has 6 heteroatoms. The second-order valence-corrected chi connectivity index (χ2v) is 8.52. The first kappa shape index (κ1) is 18.9. The van der Waals surface area contributed by atoms with Gasteiger partial charge in [0.2, 0.25) is 0 Å². The highest BCUT2D eigenvalue weighted by Crippen LogP contribution is 2.37. The molecule has 1 unspecified atom stereocenters. The number of carbonyl (C=O) groups excluding carboxylic acids is 2. The van der Waals surface area contributed by atoms with Gasteiger partial charge in [-0.1, -0.05) is 37.3 Å². The van der Waals surface area contributed by atoms with Crippen LogP contribution in [0.25, 0.3) is 0 Å². The average molecular weight is 388 g/mol. The van der Waals surface area contributed by atoms with Crippen molar-refractivity contribution in [1.82, 2.24) is 0 Å². The number of nitrogens with zero attached hydrogens (tertiary/aromatic N) is 1. The van der Waals surface area contributed by atoms with Crippen molar-refractivity contribution in [2.24, 2.45) is 0 Å². The Kier molecular flexibility index (Phi) is 6.63. The molecule has 136 valence electrons. The molecule has 3 rings (SSSR count). The molecule has 1 heterocycles. The van der Waals surface area contributed by atoms with E-state index in [9.17, 15) is 9.59 Å². The van der Waals surface area contributed by atoms with Crippen molar-refractivity contribution in [2.75, 3.05) is 23.8 Å². The molecule has 2 aromatic carbocycles. The van der Waals surface area contributed by atoms with E-state index in [1.807, 2.05) is 54.6 Å². The average Bonchev–Trinajstić information content (AvgIpc) is 2.83. The number of amides is 1. The van der Waals surface area contributed by atoms with Crippen molar-refractivity contribution < 1.29 is 14.3 Å². The lowest BCUT2D eigenvalue weighted by molar-refractivity contribution is -0.145. The first-order valence-electron chi connectivity index (χ1n) is 8.53. The van der Waals surface area contributed by atoms with Crippen LogP contribution in [0.3, 0.4) is 0 Å². The van der Waals surface area contributed by atoms with Crippen molar-refractivity contribution in [3.8, 4) is 0 Å². The highest BCUT2D eigenvalue weighted by molar-refractivity contribution is 8.00. The fourth-order valence-electron chi connectivity index (χ4n) is 2.67. The lowest BCUT2D eigenvalue weighted by atomic mass is 10.2. The quantitative estimate of drug-likeness (QED) is 0.567. The Morgan fingerprint density at radius 1 is 1.15 bits per heavy atom. The second-order valence-electron chi connectivity index (χ2n) is 5.99. The summed E-state index contributed by atoms with van der Waals surface area (Å²) >= 11 is 3.18. The largest absolute Gasteiger partial charge is 0.455 e. The van der Waals surface area contributed by atoms with Gasteiger partial charge >= 0.3 is 5.97 Å². The molecule has 1 amide bonds. The van der Waals surface area contributed by atoms with Crippen LogP contribution in [0.2, 0.25) is 0 Å². The zero-order chi connectivity index (χ0) is 18.4. The van der Waals surface area contributed by atoms with E-state index in [2.05, 4.69) is 6.92 Å². The Labute approximate surface area is 162 Å². The number of esters is 1. The normalized spacial score (nSPS) is 16.5. The van der Waals surface area contributed by atoms with Crippen LogP contribution < -0.4 is 4.90 Å². The smallest absolute Gasteiger partial charge is 0.316 e. The lowest BCUT2D eigenvalue weighted by Gasteiger charge is -2.22. The third-order valence-corrected chi connectivity index (χ3v) is 6.22. The first-order valence-corrected chi connectivity index (χ1v) is 10.4. The van der Waals surface area contributed by atoms with Crippen molar-refractivity contribution in [2.45, 2.75) is 28.4 Å². The highest BCUT2D eigenvalue weighted by Gasteiger charge is 2.24. The second kappa shape index (κ2) is 9.14. The van der Waals surface area contributed by atoms with Crippen LogP contribution in [-0.2, 0) is 14.3 Å². The summed E-state index contributed by atoms with van der Waals surface area (Å²) in [4.78, 5) is 28.4. The maximum absolute atomic E-state index is 12.6. The van der Waals surface area contributed by atoms with Gasteiger partial charge in [0.25, 0.3) is 5.91 Å². The molecular weight excluding hydrogens is 366 g/mol. The summed E-state index contributed by atoms with van der Waals surface area (Å²) in [7, 11) is 0. The summed E-state index contributed by atoms with van der Waals surface area (Å²) in [5.41, 5.74) is 0.904. The van der Waals surface area contributed by atoms with Gasteiger partial charge < -0.3 is 9.64 Å². The van der Waals surface area contributed by atoms with Crippen LogP contribution in [0.5, 0.6) is 0 Å². The summed E-state index contributed by atoms with van der Waals surface area (Å²) < 4.78 is 5.20. The molecule has 0 radical (unpaired) electrons. The predicted molar refractivity (Wildman–Crippen MR) is 107 cm³/mol. The van der Waals surface area contributed by atoms with Crippen LogP contribution in [0, 0.1) is 0 Å². The molecule has 4 nitrogen and oxygen atoms in total. The van der Waals surface area contributed by atoms with Gasteiger partial charge in [0.15, 0.2) is 6.61 Å². The molecule has 0 fully saturated rings. The van der Waals surface area contributed by atoms with Crippen LogP contribution in [0.15, 0.2) is 64.4 Å². The van der Waals surface area contributed by atoms with Crippen molar-refractivity contribution >= 4 is 41.1 Å². The number of anilines is 1. The van der Waals surface area contributed by atoms with Gasteiger partial charge in [-0.3, -0.25) is 9.59 Å². The van der Waals surface area contributed by atoms with Gasteiger partial charge in [0.05, 0.1) is 11.4 Å². The molecule has 1 aliphatic rings. The number of para-hydroxylation sites is 1. The SMILES string of the molecule is CC1CCN(C(=O)COC(=O)CSc2ccccc2)c2ccccc2S1. The monoisotopic (exact) mass is 387 g/mol. The molecule has 0 aliphatic carbocycles. The zero-order valence-electron chi connectivity index (χ0n) is 14.6. The molecular formula is C20H21NO3S2. The Hall–Kier alpha value is -1.92. The van der Waals surface area contributed by atoms with E-state index >= 15 is 0 Å². The Balaban J connectivity index is 1.55. The van der Waals surface area contributed by atoms with Gasteiger partial charge in [-0.05, 0) is 30.7 Å². The van der Waals surface area contributed by atoms with Crippen LogP contribution >= 0.6 is 23.5 Å². The van der Waals surface area contributed by atoms with Gasteiger partial charge in [-0.2, -0.15) is 0 Å². The van der Waals surface area contributed by atoms with Gasteiger partial charge in [-0.25, -0.2) is 0 Å². The van der Waals surface area contributed by atoms with E-state index in [0.717, 1.165) is 21.9 Å². The van der Waals surface area contributed by atoms with Gasteiger partial charge in [0, 0.05) is 21.6 Å². The summed E-state index contributed by atoms with van der Waals surface area (Å²) in [6.45, 7) is 2.58. The van der Waals surface area contributed by atoms with E-state index in [1.165, 1.54) is 11.8 Å². The van der Waals surface area contributed by atoms with E-state index in [0.29, 0.717) is 11.8 Å². The molecule has 2 aromatic rings. The van der Waals surface area contributed by atoms with E-state index in [1.54, 1.807) is 16.7 Å². The number of hydrogen-bond donors (Lipinski definition) is 0. The molecule has 0 saturated carbocycles. The molecule has 0 bridgehead atoms. The zero-order valence-corrected chi connectivity index (χ0v) is 16.2. The number of ether oxygens (including phenoxy) is 1. The summed E-state index contributed by atoms with van der Waals surface area (Å²) in [5.74, 6) is -0.357. The molecule has 26 heavy (non-hydrogen) atoms. The minimum absolute atomic E-state index is 0.176. The highest BCUT2D eigenvalue weighted by atomic mass is 32.2. The Morgan fingerprint density at radius 2 is 1.88 bits per heavy atom. The number of hydrogen-bond acceptors (Lipinski definition) is 5. The third-order valence-electron chi connectivity index (χ3n) is 4.00. The number of thioether (sulfide) groups is 2. The van der Waals surface area contributed by atoms with Crippen molar-refractivity contribution in [1.29, 1.82) is 0 Å². The standard InChI is InChI=1S/C20H21NO3S2/c1-15-11-12-21(17-9-5-6-10-18(17)26-15)19(22)13-24-20(23)14-25-16-7-3-2-4-8-16/h2-10,15H,11-14H2,1H3. The van der Waals surface area contributed by atoms with Crippen LogP contribution in [0.4, 0.5) is 5.69 Å². The van der Waals surface area contributed by atoms with Gasteiger partial charge in [-0.15, -0.1) is 23.5 Å². The van der Waals surface area contributed by atoms with E-state index < -0.39 is 0 Å². The summed E-state index contributed by atoms with van der Waals surface area (Å²) in [5, 5.41) is 0.443. The Bertz CT molecular complexity index is 767. The topological polar surface area (TPSA) is 46.6 Å². The molecule has 0 aromatic heterocycles. The van der Waals surface area contributed by atoms with E-state index in [4.69, 9.17) is 4.74 Å². The summed E-state index contributed by atoms with van der Waals surface area (Å²) in [6, 6.07) is 17.5. The minimum Gasteiger partial charge on any atom is -0.455 e. The maximum atomic E-state index is 12.6. The van der Waals surface area contributed by atoms with Crippen molar-refractivity contribution in [3.63, 3.8) is 0 Å². The predicted octanol–water partition coefficient (Wildman–Crippen LogP) is 4.24. The van der Waals surface area contributed by atoms with Crippen LogP contribution in [0.1, 0.15) is 13.3 Å². The number of benzene rings is 2. The molecule has 0 spiro atoms. The fourth-order valence-corrected chi connectivity index (χ4v) is 4.50. The lowest BCUT2D eigenvalue weighted by Crippen LogP contribution is -2.36. The minimum atomic E-state index is -0.377. The summed E-state index contributed by atoms with van der Waals surface area (Å²) in [6.07, 6.45) is 0.906. The number of carbonyl (C=O) groups is 2. The maximum Gasteiger partial charge on any atom is 0.316 e. The molecule has 1 atom stereocenters. The van der Waals surface area contributed by atoms with Crippen molar-refractivity contribution in [3.05, 3.63) is 54.6 Å². The molecule has 0 N–H and O–H groups in total. The fraction of sp³-hybridized carbons (Fsp3) is 0.300. The Morgan fingerprint density at radius 3 is 2.69 bits per heavy atom. The van der Waals surface area contributed by atoms with Gasteiger partial charge in [0.1, 0.15) is 0 Å². The number of fused-ring (bicyclic) bond motifs is 1. The van der Waals surface area contributed by atoms with E-state index in [-0.39, 0.29) is 24.2 Å². The first-order chi connectivity index (χ1) is 12.6. The third kappa shape index (κ3) is 5.05. The molecule has 0 saturated heterocycles.